The Labute approximate surface area is 213 Å². The predicted molar refractivity (Wildman–Crippen MR) is 116 cm³/mol. The molecule has 3 amide bonds. The Kier molecular flexibility index (Phi) is 10.0. The van der Waals surface area contributed by atoms with Gasteiger partial charge in [-0.2, -0.15) is 8.42 Å². The summed E-state index contributed by atoms with van der Waals surface area (Å²) < 4.78 is 55.1. The van der Waals surface area contributed by atoms with Gasteiger partial charge in [-0.25, -0.2) is 17.7 Å². The average Bonchev–Trinajstić information content (AvgIpc) is 3.09. The van der Waals surface area contributed by atoms with Crippen molar-refractivity contribution in [3.05, 3.63) is 11.1 Å². The van der Waals surface area contributed by atoms with Crippen molar-refractivity contribution in [3.63, 3.8) is 0 Å². The van der Waals surface area contributed by atoms with Crippen molar-refractivity contribution in [2.24, 2.45) is 5.16 Å². The molecule has 1 fully saturated rings. The number of alkyl halides is 1. The van der Waals surface area contributed by atoms with Crippen molar-refractivity contribution in [2.75, 3.05) is 30.3 Å². The van der Waals surface area contributed by atoms with Gasteiger partial charge in [0.05, 0.1) is 11.8 Å². The fraction of sp³-hybridized carbons (Fsp3) is 0.462. The van der Waals surface area contributed by atoms with Crippen LogP contribution in [0.15, 0.2) is 10.5 Å². The third kappa shape index (κ3) is 7.08. The fourth-order valence-corrected chi connectivity index (χ4v) is 5.25. The zero-order valence-corrected chi connectivity index (χ0v) is 19.0. The molecule has 0 spiro atoms. The molecule has 2 rings (SSSR count). The molecule has 3 N–H and O–H groups in total. The van der Waals surface area contributed by atoms with Crippen molar-refractivity contribution in [3.8, 4) is 0 Å². The summed E-state index contributed by atoms with van der Waals surface area (Å²) in [5.74, 6) is -4.01. The van der Waals surface area contributed by atoms with Crippen LogP contribution < -0.4 is 10.6 Å². The number of aromatic nitrogens is 1. The first-order valence-corrected chi connectivity index (χ1v) is 12.9. The van der Waals surface area contributed by atoms with Gasteiger partial charge in [0.2, 0.25) is 5.91 Å². The zero-order valence-electron chi connectivity index (χ0n) is 15.8. The van der Waals surface area contributed by atoms with Gasteiger partial charge in [-0.15, -0.1) is 22.9 Å². The van der Waals surface area contributed by atoms with Crippen LogP contribution in [0.2, 0.25) is 0 Å². The summed E-state index contributed by atoms with van der Waals surface area (Å²) >= 11 is 6.32. The monoisotopic (exact) mass is 541 g/mol. The summed E-state index contributed by atoms with van der Waals surface area (Å²) in [6.07, 6.45) is 0.792. The number of anilines is 1. The summed E-state index contributed by atoms with van der Waals surface area (Å²) in [6, 6.07) is -3.15. The molecule has 2 heterocycles. The number of carbonyl (C=O) groups excluding carboxylic acids is 3. The second-order valence-corrected chi connectivity index (χ2v) is 10.7. The molecule has 1 aliphatic rings. The van der Waals surface area contributed by atoms with E-state index in [-0.39, 0.29) is 50.6 Å². The number of oxime groups is 1. The third-order valence-corrected chi connectivity index (χ3v) is 6.59. The molecule has 1 saturated heterocycles. The maximum atomic E-state index is 12.6. The second-order valence-electron chi connectivity index (χ2n) is 6.06. The van der Waals surface area contributed by atoms with Gasteiger partial charge in [-0.3, -0.25) is 18.9 Å². The van der Waals surface area contributed by atoms with E-state index in [1.807, 2.05) is 0 Å². The van der Waals surface area contributed by atoms with Crippen LogP contribution in [-0.4, -0.2) is 121 Å². The summed E-state index contributed by atoms with van der Waals surface area (Å²) in [4.78, 5) is 44.7. The number of halogens is 1. The number of rotatable bonds is 9. The first kappa shape index (κ1) is 28.7. The molecule has 14 nitrogen and oxygen atoms in total. The van der Waals surface area contributed by atoms with Crippen LogP contribution in [0.4, 0.5) is 5.13 Å². The molecule has 1 aliphatic heterocycles. The molecule has 32 heavy (non-hydrogen) atoms. The van der Waals surface area contributed by atoms with E-state index in [4.69, 9.17) is 16.2 Å². The van der Waals surface area contributed by atoms with Crippen LogP contribution >= 0.6 is 22.9 Å². The number of carbonyl (C=O) groups is 3. The first-order valence-electron chi connectivity index (χ1n) is 8.00. The normalized spacial score (nSPS) is 18.9. The first-order chi connectivity index (χ1) is 14.3. The van der Waals surface area contributed by atoms with E-state index in [1.54, 1.807) is 0 Å². The number of amides is 3. The van der Waals surface area contributed by atoms with Gasteiger partial charge in [0.15, 0.2) is 10.8 Å². The molecule has 2 atom stereocenters. The minimum atomic E-state index is -5.05. The number of nitrogens with zero attached hydrogens (tertiary/aromatic N) is 3. The van der Waals surface area contributed by atoms with Crippen LogP contribution in [0.5, 0.6) is 0 Å². The Morgan fingerprint density at radius 1 is 1.38 bits per heavy atom. The maximum absolute atomic E-state index is 12.6. The van der Waals surface area contributed by atoms with Crippen molar-refractivity contribution in [2.45, 2.75) is 12.1 Å². The van der Waals surface area contributed by atoms with Crippen LogP contribution in [0.25, 0.3) is 0 Å². The molecule has 0 radical (unpaired) electrons. The van der Waals surface area contributed by atoms with Crippen LogP contribution in [0, 0.1) is 0 Å². The Bertz CT molecular complexity index is 1140. The molecule has 0 saturated carbocycles. The van der Waals surface area contributed by atoms with E-state index in [9.17, 15) is 31.2 Å². The van der Waals surface area contributed by atoms with E-state index in [0.717, 1.165) is 24.7 Å². The van der Waals surface area contributed by atoms with Gasteiger partial charge in [0.25, 0.3) is 11.8 Å². The van der Waals surface area contributed by atoms with Gasteiger partial charge < -0.3 is 15.5 Å². The molecule has 0 aliphatic carbocycles. The Morgan fingerprint density at radius 3 is 2.50 bits per heavy atom. The number of nitrogens with one attached hydrogen (secondary N) is 2. The van der Waals surface area contributed by atoms with Crippen molar-refractivity contribution >= 4 is 101 Å². The topological polar surface area (TPSA) is 202 Å². The number of β-lactam (4-membered cyclic amide) rings is 1. The van der Waals surface area contributed by atoms with Crippen LogP contribution in [0.3, 0.4) is 0 Å². The predicted octanol–water partition coefficient (Wildman–Crippen LogP) is -2.43. The second kappa shape index (κ2) is 11.2. The molecule has 1 aromatic heterocycles. The zero-order chi connectivity index (χ0) is 23.6. The van der Waals surface area contributed by atoms with E-state index < -0.39 is 61.4 Å². The minimum absolute atomic E-state index is 0. The Hall–Kier alpha value is -1.34. The van der Waals surface area contributed by atoms with Crippen LogP contribution in [-0.2, 0) is 39.4 Å². The van der Waals surface area contributed by atoms with E-state index in [2.05, 4.69) is 25.6 Å². The van der Waals surface area contributed by atoms with E-state index >= 15 is 0 Å². The summed E-state index contributed by atoms with van der Waals surface area (Å²) in [5.41, 5.74) is -0.506. The summed E-state index contributed by atoms with van der Waals surface area (Å²) in [7, 11) is -7.73. The van der Waals surface area contributed by atoms with E-state index in [0.29, 0.717) is 0 Å². The molecule has 0 bridgehead atoms. The number of thiazole rings is 1. The quantitative estimate of drug-likeness (QED) is 0.0753. The van der Waals surface area contributed by atoms with E-state index in [1.165, 1.54) is 5.38 Å². The standard InChI is InChI=1S/C13H16ClN5O9S3.Na.H/c1-28-18-9(6-4-29-13(15-6)16-8(20)3-14)11(21)17-10-7(5-30(2,23)24)19(12(10)22)31(25,26)27;;/h4,7,10H,3,5H2,1-2H3,(H,17,21)(H,15,16,20)(H,25,26,27);;/b18-9-;;. The third-order valence-electron chi connectivity index (χ3n) is 3.69. The molecular formula is C13H17ClN5NaO9S3. The average molecular weight is 542 g/mol. The number of hydrogen-bond donors (Lipinski definition) is 3. The Morgan fingerprint density at radius 2 is 2.00 bits per heavy atom. The van der Waals surface area contributed by atoms with Gasteiger partial charge in [0, 0.05) is 11.6 Å². The van der Waals surface area contributed by atoms with Gasteiger partial charge in [0.1, 0.15) is 34.6 Å². The van der Waals surface area contributed by atoms with Crippen molar-refractivity contribution in [1.82, 2.24) is 14.6 Å². The van der Waals surface area contributed by atoms with Crippen molar-refractivity contribution in [1.29, 1.82) is 0 Å². The molecule has 2 unspecified atom stereocenters. The molecular weight excluding hydrogens is 525 g/mol. The van der Waals surface area contributed by atoms with Gasteiger partial charge >= 0.3 is 39.9 Å². The van der Waals surface area contributed by atoms with Crippen molar-refractivity contribution < 1.29 is 40.6 Å². The molecule has 174 valence electrons. The fourth-order valence-electron chi connectivity index (χ4n) is 2.53. The Balaban J connectivity index is 0.00000512. The molecule has 1 aromatic rings. The molecule has 0 aromatic carbocycles. The molecule has 19 heteroatoms. The summed E-state index contributed by atoms with van der Waals surface area (Å²) in [5, 5.41) is 9.45. The van der Waals surface area contributed by atoms with Gasteiger partial charge in [-0.05, 0) is 0 Å². The van der Waals surface area contributed by atoms with Crippen LogP contribution in [0.1, 0.15) is 5.69 Å². The van der Waals surface area contributed by atoms with Gasteiger partial charge in [-0.1, -0.05) is 5.16 Å². The number of sulfone groups is 1. The summed E-state index contributed by atoms with van der Waals surface area (Å²) in [6.45, 7) is 0. The number of hydrogen-bond acceptors (Lipinski definition) is 11. The SMILES string of the molecule is CO/N=C(\C(=O)NC1C(=O)N(S(=O)(=O)O)C1CS(C)(=O)=O)c1csc(NC(=O)CCl)n1.[NaH].